The first-order chi connectivity index (χ1) is 12.7. The van der Waals surface area contributed by atoms with Crippen LogP contribution in [0.25, 0.3) is 16.3 Å². The highest BCUT2D eigenvalue weighted by atomic mass is 35.5. The van der Waals surface area contributed by atoms with Gasteiger partial charge in [-0.3, -0.25) is 0 Å². The van der Waals surface area contributed by atoms with Crippen LogP contribution in [0.4, 0.5) is 5.69 Å². The summed E-state index contributed by atoms with van der Waals surface area (Å²) >= 11 is 3.73. The smallest absolute Gasteiger partial charge is 0.262 e. The topological polar surface area (TPSA) is 7.12 Å². The molecule has 0 N–H and O–H groups in total. The van der Waals surface area contributed by atoms with E-state index in [0.717, 1.165) is 13.1 Å². The van der Waals surface area contributed by atoms with Crippen molar-refractivity contribution in [1.29, 1.82) is 0 Å². The highest BCUT2D eigenvalue weighted by Gasteiger charge is 2.23. The van der Waals surface area contributed by atoms with Crippen molar-refractivity contribution >= 4 is 45.1 Å². The Hall–Kier alpha value is -1.75. The number of aryl methyl sites for hydroxylation is 1. The summed E-state index contributed by atoms with van der Waals surface area (Å²) in [4.78, 5) is 3.75. The molecule has 2 nitrogen and oxygen atoms in total. The molecular weight excluding hydrogens is 392 g/mol. The molecule has 0 saturated heterocycles. The van der Waals surface area contributed by atoms with Gasteiger partial charge in [-0.05, 0) is 50.6 Å². The van der Waals surface area contributed by atoms with Crippen LogP contribution in [0, 0.1) is 0 Å². The highest BCUT2D eigenvalue weighted by molar-refractivity contribution is 8.03. The fourth-order valence-electron chi connectivity index (χ4n) is 3.40. The van der Waals surface area contributed by atoms with Crippen LogP contribution >= 0.6 is 23.1 Å². The Morgan fingerprint density at radius 1 is 1.07 bits per heavy atom. The third-order valence-electron chi connectivity index (χ3n) is 4.61. The number of halogens is 1. The molecule has 4 rings (SSSR count). The summed E-state index contributed by atoms with van der Waals surface area (Å²) < 4.78 is 3.75. The molecule has 0 fully saturated rings. The number of thiazole rings is 1. The lowest BCUT2D eigenvalue weighted by Crippen LogP contribution is -3.00. The van der Waals surface area contributed by atoms with Crippen LogP contribution in [0.3, 0.4) is 0 Å². The normalized spacial score (nSPS) is 15.3. The van der Waals surface area contributed by atoms with Crippen molar-refractivity contribution in [2.75, 3.05) is 11.4 Å². The molecule has 1 aliphatic heterocycles. The third-order valence-corrected chi connectivity index (χ3v) is 6.83. The Bertz CT molecular complexity index is 1020. The summed E-state index contributed by atoms with van der Waals surface area (Å²) in [5.74, 6) is 0. The van der Waals surface area contributed by atoms with Gasteiger partial charge in [0.15, 0.2) is 0 Å². The molecule has 0 bridgehead atoms. The molecule has 0 spiro atoms. The summed E-state index contributed by atoms with van der Waals surface area (Å²) in [6.45, 7) is 8.61. The molecule has 1 aliphatic rings. The van der Waals surface area contributed by atoms with Gasteiger partial charge < -0.3 is 17.3 Å². The minimum Gasteiger partial charge on any atom is -1.00 e. The number of hydrogen-bond acceptors (Lipinski definition) is 3. The van der Waals surface area contributed by atoms with Crippen molar-refractivity contribution in [3.8, 4) is 0 Å². The van der Waals surface area contributed by atoms with Gasteiger partial charge >= 0.3 is 0 Å². The Kier molecular flexibility index (Phi) is 6.30. The summed E-state index contributed by atoms with van der Waals surface area (Å²) in [6.07, 6.45) is 4.64. The number of benzene rings is 2. The average molecular weight is 415 g/mol. The van der Waals surface area contributed by atoms with E-state index in [4.69, 9.17) is 0 Å². The van der Waals surface area contributed by atoms with Crippen molar-refractivity contribution in [3.63, 3.8) is 0 Å². The van der Waals surface area contributed by atoms with Gasteiger partial charge in [0.05, 0.1) is 10.7 Å². The van der Waals surface area contributed by atoms with E-state index in [2.05, 4.69) is 90.9 Å². The zero-order valence-corrected chi connectivity index (χ0v) is 18.2. The van der Waals surface area contributed by atoms with Gasteiger partial charge in [-0.1, -0.05) is 47.4 Å². The summed E-state index contributed by atoms with van der Waals surface area (Å²) in [7, 11) is 0. The Labute approximate surface area is 175 Å². The van der Waals surface area contributed by atoms with Crippen LogP contribution in [-0.4, -0.2) is 6.54 Å². The Morgan fingerprint density at radius 3 is 2.59 bits per heavy atom. The third kappa shape index (κ3) is 3.79. The maximum absolute atomic E-state index is 2.40. The second-order valence-corrected chi connectivity index (χ2v) is 8.46. The first-order valence-corrected chi connectivity index (χ1v) is 10.7. The largest absolute Gasteiger partial charge is 1.00 e. The Morgan fingerprint density at radius 2 is 1.81 bits per heavy atom. The molecule has 1 aromatic heterocycles. The zero-order valence-electron chi connectivity index (χ0n) is 15.8. The van der Waals surface area contributed by atoms with E-state index in [1.54, 1.807) is 0 Å². The van der Waals surface area contributed by atoms with Gasteiger partial charge in [0.2, 0.25) is 5.52 Å². The second kappa shape index (κ2) is 8.51. The maximum Gasteiger partial charge on any atom is 0.262 e. The minimum absolute atomic E-state index is 0. The van der Waals surface area contributed by atoms with Crippen molar-refractivity contribution in [2.24, 2.45) is 0 Å². The van der Waals surface area contributed by atoms with Gasteiger partial charge in [-0.25, -0.2) is 0 Å². The monoisotopic (exact) mass is 414 g/mol. The summed E-state index contributed by atoms with van der Waals surface area (Å²) in [5.41, 5.74) is 3.93. The molecule has 0 unspecified atom stereocenters. The van der Waals surface area contributed by atoms with Crippen molar-refractivity contribution in [1.82, 2.24) is 0 Å². The fourth-order valence-corrected chi connectivity index (χ4v) is 5.88. The van der Waals surface area contributed by atoms with Gasteiger partial charge in [-0.15, -0.1) is 0 Å². The van der Waals surface area contributed by atoms with E-state index in [-0.39, 0.29) is 12.4 Å². The van der Waals surface area contributed by atoms with Crippen LogP contribution in [-0.2, 0) is 6.54 Å². The SMILES string of the molecule is CCN1/C(=C\C(C)=C\c2sc3ccccc3[n+]2CC)Sc2ccccc21.[Cl-]. The van der Waals surface area contributed by atoms with Crippen LogP contribution < -0.4 is 21.9 Å². The maximum atomic E-state index is 2.40. The quantitative estimate of drug-likeness (QED) is 0.605. The molecule has 140 valence electrons. The van der Waals surface area contributed by atoms with Crippen LogP contribution in [0.1, 0.15) is 25.8 Å². The van der Waals surface area contributed by atoms with E-state index in [1.165, 1.54) is 36.4 Å². The fraction of sp³-hybridized carbons (Fsp3) is 0.227. The predicted molar refractivity (Wildman–Crippen MR) is 115 cm³/mol. The molecule has 3 aromatic rings. The van der Waals surface area contributed by atoms with E-state index in [9.17, 15) is 0 Å². The number of para-hydroxylation sites is 2. The van der Waals surface area contributed by atoms with E-state index >= 15 is 0 Å². The number of hydrogen-bond donors (Lipinski definition) is 0. The molecule has 2 aromatic carbocycles. The molecule has 0 atom stereocenters. The van der Waals surface area contributed by atoms with Gasteiger partial charge in [0.25, 0.3) is 5.01 Å². The summed E-state index contributed by atoms with van der Waals surface area (Å²) in [5, 5.41) is 2.62. The first kappa shape index (κ1) is 20.0. The molecule has 27 heavy (non-hydrogen) atoms. The minimum atomic E-state index is 0. The molecule has 5 heteroatoms. The second-order valence-electron chi connectivity index (χ2n) is 6.34. The number of aromatic nitrogens is 1. The summed E-state index contributed by atoms with van der Waals surface area (Å²) in [6, 6.07) is 17.3. The highest BCUT2D eigenvalue weighted by Crippen LogP contribution is 2.45. The Balaban J connectivity index is 0.00000210. The van der Waals surface area contributed by atoms with Crippen LogP contribution in [0.2, 0.25) is 0 Å². The van der Waals surface area contributed by atoms with Crippen LogP contribution in [0.15, 0.2) is 70.1 Å². The van der Waals surface area contributed by atoms with Gasteiger partial charge in [0, 0.05) is 23.6 Å². The lowest BCUT2D eigenvalue weighted by atomic mass is 10.2. The van der Waals surface area contributed by atoms with Gasteiger partial charge in [-0.2, -0.15) is 4.57 Å². The van der Waals surface area contributed by atoms with E-state index in [1.807, 2.05) is 23.1 Å². The zero-order chi connectivity index (χ0) is 18.1. The average Bonchev–Trinajstić information content (AvgIpc) is 3.17. The molecular formula is C22H23ClN2S2. The first-order valence-electron chi connectivity index (χ1n) is 9.07. The standard InChI is InChI=1S/C22H23N2S2.ClH/c1-4-23-17-10-6-8-12-19(17)25-21(23)14-16(3)15-22-24(5-2)18-11-7-9-13-20(18)26-22;/h6-15H,4-5H2,1-3H3;1H/q+1;/p-1. The van der Waals surface area contributed by atoms with Crippen LogP contribution in [0.5, 0.6) is 0 Å². The van der Waals surface area contributed by atoms with Crippen molar-refractivity contribution in [3.05, 3.63) is 70.2 Å². The number of anilines is 1. The van der Waals surface area contributed by atoms with Gasteiger partial charge in [0.1, 0.15) is 11.2 Å². The van der Waals surface area contributed by atoms with E-state index < -0.39 is 0 Å². The molecule has 0 radical (unpaired) electrons. The van der Waals surface area contributed by atoms with Crippen molar-refractivity contribution in [2.45, 2.75) is 32.2 Å². The van der Waals surface area contributed by atoms with Crippen molar-refractivity contribution < 1.29 is 17.0 Å². The number of fused-ring (bicyclic) bond motifs is 2. The molecule has 2 heterocycles. The number of rotatable bonds is 4. The lowest BCUT2D eigenvalue weighted by molar-refractivity contribution is -0.665. The number of thioether (sulfide) groups is 1. The molecule has 0 saturated carbocycles. The molecule has 0 aliphatic carbocycles. The number of allylic oxidation sites excluding steroid dienone is 2. The number of nitrogens with zero attached hydrogens (tertiary/aromatic N) is 2. The van der Waals surface area contributed by atoms with E-state index in [0.29, 0.717) is 0 Å². The predicted octanol–water partition coefficient (Wildman–Crippen LogP) is 3.09. The lowest BCUT2D eigenvalue weighted by Gasteiger charge is -2.17. The molecule has 0 amide bonds.